The zero-order chi connectivity index (χ0) is 14.6. The monoisotopic (exact) mass is 279 g/mol. The maximum Gasteiger partial charge on any atom is 0.00671 e. The Hall–Kier alpha value is -0.0400. The molecule has 0 heterocycles. The fraction of sp³-hybridized carbons (Fsp3) is 1.00. The van der Waals surface area contributed by atoms with Crippen molar-refractivity contribution in [2.75, 3.05) is 6.54 Å². The molecule has 1 nitrogen and oxygen atoms in total. The molecule has 2 fully saturated rings. The summed E-state index contributed by atoms with van der Waals surface area (Å²) in [6, 6.07) is 0.746. The van der Waals surface area contributed by atoms with E-state index in [1.54, 1.807) is 0 Å². The fourth-order valence-electron chi connectivity index (χ4n) is 4.39. The highest BCUT2D eigenvalue weighted by molar-refractivity contribution is 4.83. The van der Waals surface area contributed by atoms with E-state index in [-0.39, 0.29) is 0 Å². The summed E-state index contributed by atoms with van der Waals surface area (Å²) in [5, 5.41) is 3.88. The van der Waals surface area contributed by atoms with Gasteiger partial charge in [0.05, 0.1) is 0 Å². The van der Waals surface area contributed by atoms with Gasteiger partial charge in [-0.3, -0.25) is 0 Å². The minimum Gasteiger partial charge on any atom is -0.314 e. The van der Waals surface area contributed by atoms with Crippen LogP contribution in [-0.4, -0.2) is 12.6 Å². The van der Waals surface area contributed by atoms with Crippen molar-refractivity contribution in [3.8, 4) is 0 Å². The Morgan fingerprint density at radius 3 is 2.05 bits per heavy atom. The topological polar surface area (TPSA) is 12.0 Å². The van der Waals surface area contributed by atoms with Crippen LogP contribution in [0.5, 0.6) is 0 Å². The van der Waals surface area contributed by atoms with E-state index in [1.807, 2.05) is 0 Å². The lowest BCUT2D eigenvalue weighted by atomic mass is 9.70. The molecule has 1 N–H and O–H groups in total. The Bertz CT molecular complexity index is 264. The van der Waals surface area contributed by atoms with Gasteiger partial charge in [0.2, 0.25) is 0 Å². The van der Waals surface area contributed by atoms with Gasteiger partial charge < -0.3 is 5.32 Å². The zero-order valence-electron chi connectivity index (χ0n) is 14.4. The summed E-state index contributed by atoms with van der Waals surface area (Å²) < 4.78 is 0. The first-order valence-corrected chi connectivity index (χ1v) is 9.20. The van der Waals surface area contributed by atoms with Gasteiger partial charge in [-0.05, 0) is 75.2 Å². The van der Waals surface area contributed by atoms with Crippen molar-refractivity contribution in [3.05, 3.63) is 0 Å². The maximum atomic E-state index is 3.88. The third-order valence-corrected chi connectivity index (χ3v) is 6.16. The van der Waals surface area contributed by atoms with E-state index >= 15 is 0 Å². The van der Waals surface area contributed by atoms with Crippen LogP contribution in [0.2, 0.25) is 0 Å². The van der Waals surface area contributed by atoms with Crippen LogP contribution in [0.4, 0.5) is 0 Å². The van der Waals surface area contributed by atoms with Crippen molar-refractivity contribution in [1.29, 1.82) is 0 Å². The number of hydrogen-bond donors (Lipinski definition) is 1. The van der Waals surface area contributed by atoms with Gasteiger partial charge in [-0.1, -0.05) is 40.0 Å². The smallest absolute Gasteiger partial charge is 0.00671 e. The highest BCUT2D eigenvalue weighted by atomic mass is 14.9. The van der Waals surface area contributed by atoms with E-state index in [4.69, 9.17) is 0 Å². The molecule has 2 aliphatic carbocycles. The van der Waals surface area contributed by atoms with Gasteiger partial charge in [-0.2, -0.15) is 0 Å². The van der Waals surface area contributed by atoms with Gasteiger partial charge in [-0.15, -0.1) is 0 Å². The second-order valence-corrected chi connectivity index (χ2v) is 8.68. The predicted molar refractivity (Wildman–Crippen MR) is 88.9 cm³/mol. The minimum atomic E-state index is 0.522. The van der Waals surface area contributed by atoms with E-state index in [0.29, 0.717) is 5.41 Å². The quantitative estimate of drug-likeness (QED) is 0.727. The number of nitrogens with one attached hydrogen (secondary N) is 1. The molecule has 118 valence electrons. The van der Waals surface area contributed by atoms with Gasteiger partial charge in [0.25, 0.3) is 0 Å². The Balaban J connectivity index is 1.65. The van der Waals surface area contributed by atoms with Crippen LogP contribution in [-0.2, 0) is 0 Å². The molecule has 0 aromatic rings. The minimum absolute atomic E-state index is 0.522. The molecule has 1 heteroatoms. The molecule has 0 bridgehead atoms. The highest BCUT2D eigenvalue weighted by Gasteiger charge is 2.30. The van der Waals surface area contributed by atoms with E-state index < -0.39 is 0 Å². The third-order valence-electron chi connectivity index (χ3n) is 6.16. The van der Waals surface area contributed by atoms with Crippen molar-refractivity contribution < 1.29 is 0 Å². The lowest BCUT2D eigenvalue weighted by Crippen LogP contribution is -2.39. The van der Waals surface area contributed by atoms with Crippen molar-refractivity contribution in [3.63, 3.8) is 0 Å². The number of hydrogen-bond acceptors (Lipinski definition) is 1. The molecular weight excluding hydrogens is 242 g/mol. The maximum absolute atomic E-state index is 3.88. The Kier molecular flexibility index (Phi) is 5.95. The normalized spacial score (nSPS) is 31.2. The molecule has 0 aromatic carbocycles. The van der Waals surface area contributed by atoms with E-state index in [1.165, 1.54) is 64.3 Å². The van der Waals surface area contributed by atoms with Crippen LogP contribution < -0.4 is 5.32 Å². The average Bonchev–Trinajstić information content (AvgIpc) is 2.45. The molecule has 2 saturated carbocycles. The molecule has 2 aliphatic rings. The number of rotatable bonds is 4. The Morgan fingerprint density at radius 1 is 0.900 bits per heavy atom. The molecule has 0 saturated heterocycles. The van der Waals surface area contributed by atoms with Crippen LogP contribution in [0.1, 0.15) is 85.5 Å². The molecule has 0 aliphatic heterocycles. The summed E-state index contributed by atoms with van der Waals surface area (Å²) in [4.78, 5) is 0. The molecule has 0 unspecified atom stereocenters. The van der Waals surface area contributed by atoms with E-state index in [2.05, 4.69) is 33.0 Å². The van der Waals surface area contributed by atoms with Crippen molar-refractivity contribution in [2.24, 2.45) is 23.2 Å². The third kappa shape index (κ3) is 4.76. The molecule has 0 radical (unpaired) electrons. The zero-order valence-corrected chi connectivity index (χ0v) is 14.4. The molecule has 20 heavy (non-hydrogen) atoms. The van der Waals surface area contributed by atoms with Crippen LogP contribution >= 0.6 is 0 Å². The van der Waals surface area contributed by atoms with Gasteiger partial charge in [0.1, 0.15) is 0 Å². The second-order valence-electron chi connectivity index (χ2n) is 8.68. The van der Waals surface area contributed by atoms with E-state index in [9.17, 15) is 0 Å². The average molecular weight is 280 g/mol. The standard InChI is InChI=1S/C19H37N/c1-15(17-8-6-5-7-9-17)20-14-16-10-12-18(13-11-16)19(2,3)4/h15-18,20H,5-14H2,1-4H3/t15-,16?,18?/m1/s1. The van der Waals surface area contributed by atoms with Crippen LogP contribution in [0.25, 0.3) is 0 Å². The van der Waals surface area contributed by atoms with Crippen molar-refractivity contribution >= 4 is 0 Å². The van der Waals surface area contributed by atoms with Crippen LogP contribution in [0, 0.1) is 23.2 Å². The summed E-state index contributed by atoms with van der Waals surface area (Å²) in [5.74, 6) is 2.85. The first-order chi connectivity index (χ1) is 9.47. The lowest BCUT2D eigenvalue weighted by molar-refractivity contribution is 0.145. The summed E-state index contributed by atoms with van der Waals surface area (Å²) in [6.07, 6.45) is 13.1. The van der Waals surface area contributed by atoms with E-state index in [0.717, 1.165) is 23.8 Å². The highest BCUT2D eigenvalue weighted by Crippen LogP contribution is 2.39. The van der Waals surface area contributed by atoms with Gasteiger partial charge >= 0.3 is 0 Å². The molecule has 1 atom stereocenters. The van der Waals surface area contributed by atoms with Crippen LogP contribution in [0.15, 0.2) is 0 Å². The molecular formula is C19H37N. The first kappa shape index (κ1) is 16.3. The summed E-state index contributed by atoms with van der Waals surface area (Å²) in [6.45, 7) is 11.0. The Labute approximate surface area is 127 Å². The van der Waals surface area contributed by atoms with Crippen molar-refractivity contribution in [2.45, 2.75) is 91.5 Å². The van der Waals surface area contributed by atoms with Gasteiger partial charge in [-0.25, -0.2) is 0 Å². The summed E-state index contributed by atoms with van der Waals surface area (Å²) in [5.41, 5.74) is 0.522. The van der Waals surface area contributed by atoms with Crippen molar-refractivity contribution in [1.82, 2.24) is 5.32 Å². The van der Waals surface area contributed by atoms with Gasteiger partial charge in [0.15, 0.2) is 0 Å². The largest absolute Gasteiger partial charge is 0.314 e. The molecule has 2 rings (SSSR count). The SMILES string of the molecule is C[C@@H](NCC1CCC(C(C)(C)C)CC1)C1CCCCC1. The first-order valence-electron chi connectivity index (χ1n) is 9.20. The Morgan fingerprint density at radius 2 is 1.50 bits per heavy atom. The predicted octanol–water partition coefficient (Wildman–Crippen LogP) is 5.40. The molecule has 0 spiro atoms. The second kappa shape index (κ2) is 7.29. The van der Waals surface area contributed by atoms with Gasteiger partial charge in [0, 0.05) is 6.04 Å². The fourth-order valence-corrected chi connectivity index (χ4v) is 4.39. The molecule has 0 amide bonds. The van der Waals surface area contributed by atoms with Crippen LogP contribution in [0.3, 0.4) is 0 Å². The lowest BCUT2D eigenvalue weighted by Gasteiger charge is -2.38. The summed E-state index contributed by atoms with van der Waals surface area (Å²) in [7, 11) is 0. The molecule has 0 aromatic heterocycles. The summed E-state index contributed by atoms with van der Waals surface area (Å²) >= 11 is 0.